The van der Waals surface area contributed by atoms with Crippen LogP contribution < -0.4 is 10.1 Å². The number of guanidine groups is 1. The highest BCUT2D eigenvalue weighted by molar-refractivity contribution is 6.07. The Morgan fingerprint density at radius 3 is 2.57 bits per heavy atom. The second-order valence-corrected chi connectivity index (χ2v) is 7.62. The number of aryl methyl sites for hydroxylation is 1. The van der Waals surface area contributed by atoms with E-state index >= 15 is 0 Å². The van der Waals surface area contributed by atoms with E-state index in [1.807, 2.05) is 54.9 Å². The molecular formula is C20H25N5O3. The Labute approximate surface area is 163 Å². The summed E-state index contributed by atoms with van der Waals surface area (Å²) in [6.45, 7) is 1.00. The first kappa shape index (κ1) is 18.3. The molecule has 0 aliphatic carbocycles. The molecule has 1 spiro atoms. The van der Waals surface area contributed by atoms with Gasteiger partial charge < -0.3 is 19.1 Å². The number of rotatable bonds is 2. The SMILES string of the molecule is COc1ccc2c(c1)cc(C(=O)N1CCC3(CC1)N=C(N(C)C)NC3=O)n2C. The molecular weight excluding hydrogens is 358 g/mol. The number of nitrogens with zero attached hydrogens (tertiary/aromatic N) is 4. The van der Waals surface area contributed by atoms with Gasteiger partial charge in [0.05, 0.1) is 7.11 Å². The van der Waals surface area contributed by atoms with E-state index in [-0.39, 0.29) is 11.8 Å². The van der Waals surface area contributed by atoms with Crippen molar-refractivity contribution in [3.05, 3.63) is 30.0 Å². The third-order valence-corrected chi connectivity index (χ3v) is 5.74. The van der Waals surface area contributed by atoms with Gasteiger partial charge in [-0.3, -0.25) is 14.9 Å². The molecule has 8 nitrogen and oxygen atoms in total. The number of hydrogen-bond donors (Lipinski definition) is 1. The van der Waals surface area contributed by atoms with Gasteiger partial charge in [-0.1, -0.05) is 0 Å². The Morgan fingerprint density at radius 2 is 1.96 bits per heavy atom. The van der Waals surface area contributed by atoms with Crippen molar-refractivity contribution in [3.63, 3.8) is 0 Å². The summed E-state index contributed by atoms with van der Waals surface area (Å²) in [4.78, 5) is 33.8. The maximum absolute atomic E-state index is 13.1. The lowest BCUT2D eigenvalue weighted by molar-refractivity contribution is -0.125. The summed E-state index contributed by atoms with van der Waals surface area (Å²) >= 11 is 0. The van der Waals surface area contributed by atoms with Crippen molar-refractivity contribution in [2.45, 2.75) is 18.4 Å². The van der Waals surface area contributed by atoms with E-state index in [9.17, 15) is 9.59 Å². The topological polar surface area (TPSA) is 79.2 Å². The minimum absolute atomic E-state index is 0.0252. The van der Waals surface area contributed by atoms with Crippen molar-refractivity contribution < 1.29 is 14.3 Å². The molecule has 8 heteroatoms. The zero-order chi connectivity index (χ0) is 20.1. The van der Waals surface area contributed by atoms with Crippen LogP contribution in [0.2, 0.25) is 0 Å². The fraction of sp³-hybridized carbons (Fsp3) is 0.450. The third kappa shape index (κ3) is 2.80. The van der Waals surface area contributed by atoms with Crippen LogP contribution in [-0.4, -0.2) is 72.0 Å². The zero-order valence-corrected chi connectivity index (χ0v) is 16.7. The Morgan fingerprint density at radius 1 is 1.25 bits per heavy atom. The van der Waals surface area contributed by atoms with Crippen molar-refractivity contribution in [3.8, 4) is 5.75 Å². The highest BCUT2D eigenvalue weighted by Gasteiger charge is 2.47. The lowest BCUT2D eigenvalue weighted by Gasteiger charge is -2.35. The van der Waals surface area contributed by atoms with Crippen molar-refractivity contribution in [2.75, 3.05) is 34.3 Å². The maximum Gasteiger partial charge on any atom is 0.270 e. The fourth-order valence-electron chi connectivity index (χ4n) is 3.95. The second-order valence-electron chi connectivity index (χ2n) is 7.62. The molecule has 0 bridgehead atoms. The van der Waals surface area contributed by atoms with E-state index in [4.69, 9.17) is 4.74 Å². The van der Waals surface area contributed by atoms with E-state index in [2.05, 4.69) is 10.3 Å². The Bertz CT molecular complexity index is 983. The van der Waals surface area contributed by atoms with E-state index in [0.717, 1.165) is 16.7 Å². The molecule has 2 aliphatic rings. The number of amides is 2. The average molecular weight is 383 g/mol. The number of ether oxygens (including phenoxy) is 1. The summed E-state index contributed by atoms with van der Waals surface area (Å²) in [5.74, 6) is 1.26. The van der Waals surface area contributed by atoms with E-state index in [0.29, 0.717) is 37.6 Å². The summed E-state index contributed by atoms with van der Waals surface area (Å²) in [6.07, 6.45) is 1.05. The molecule has 0 unspecified atom stereocenters. The van der Waals surface area contributed by atoms with Crippen LogP contribution in [0.15, 0.2) is 29.3 Å². The van der Waals surface area contributed by atoms with Gasteiger partial charge in [-0.25, -0.2) is 4.99 Å². The Balaban J connectivity index is 1.54. The number of piperidine rings is 1. The molecule has 1 aromatic heterocycles. The van der Waals surface area contributed by atoms with Gasteiger partial charge >= 0.3 is 0 Å². The summed E-state index contributed by atoms with van der Waals surface area (Å²) in [5, 5.41) is 3.81. The Kier molecular flexibility index (Phi) is 4.28. The predicted molar refractivity (Wildman–Crippen MR) is 107 cm³/mol. The number of carbonyl (C=O) groups is 2. The largest absolute Gasteiger partial charge is 0.497 e. The number of aliphatic imine (C=N–C) groups is 1. The van der Waals surface area contributed by atoms with E-state index in [1.165, 1.54) is 0 Å². The number of fused-ring (bicyclic) bond motifs is 1. The lowest BCUT2D eigenvalue weighted by Crippen LogP contribution is -2.50. The minimum Gasteiger partial charge on any atom is -0.497 e. The first-order valence-corrected chi connectivity index (χ1v) is 9.36. The molecule has 1 saturated heterocycles. The van der Waals surface area contributed by atoms with Crippen LogP contribution in [0.25, 0.3) is 10.9 Å². The first-order chi connectivity index (χ1) is 13.3. The van der Waals surface area contributed by atoms with E-state index in [1.54, 1.807) is 12.0 Å². The van der Waals surface area contributed by atoms with Gasteiger partial charge in [0.2, 0.25) is 5.96 Å². The Hall–Kier alpha value is -3.03. The van der Waals surface area contributed by atoms with Crippen molar-refractivity contribution >= 4 is 28.7 Å². The molecule has 2 amide bonds. The number of nitrogens with one attached hydrogen (secondary N) is 1. The van der Waals surface area contributed by atoms with Gasteiger partial charge in [-0.2, -0.15) is 0 Å². The van der Waals surface area contributed by atoms with Crippen molar-refractivity contribution in [1.29, 1.82) is 0 Å². The molecule has 1 fully saturated rings. The summed E-state index contributed by atoms with van der Waals surface area (Å²) in [5.41, 5.74) is 0.864. The molecule has 0 radical (unpaired) electrons. The van der Waals surface area contributed by atoms with Crippen LogP contribution in [0.4, 0.5) is 0 Å². The summed E-state index contributed by atoms with van der Waals surface area (Å²) in [6, 6.07) is 7.67. The van der Waals surface area contributed by atoms with Crippen LogP contribution in [0.3, 0.4) is 0 Å². The number of carbonyl (C=O) groups excluding carboxylic acids is 2. The molecule has 0 saturated carbocycles. The number of likely N-dealkylation sites (tertiary alicyclic amines) is 1. The van der Waals surface area contributed by atoms with Crippen LogP contribution in [0.5, 0.6) is 5.75 Å². The molecule has 148 valence electrons. The summed E-state index contributed by atoms with van der Waals surface area (Å²) in [7, 11) is 7.23. The van der Waals surface area contributed by atoms with E-state index < -0.39 is 5.54 Å². The molecule has 3 heterocycles. The minimum atomic E-state index is -0.747. The van der Waals surface area contributed by atoms with Crippen molar-refractivity contribution in [2.24, 2.45) is 12.0 Å². The number of hydrogen-bond acceptors (Lipinski definition) is 5. The molecule has 4 rings (SSSR count). The summed E-state index contributed by atoms with van der Waals surface area (Å²) < 4.78 is 7.19. The van der Waals surface area contributed by atoms with Crippen molar-refractivity contribution in [1.82, 2.24) is 19.7 Å². The van der Waals surface area contributed by atoms with Crippen LogP contribution in [0, 0.1) is 0 Å². The highest BCUT2D eigenvalue weighted by atomic mass is 16.5. The molecule has 1 aromatic carbocycles. The number of methoxy groups -OCH3 is 1. The number of benzene rings is 1. The molecule has 2 aromatic rings. The lowest BCUT2D eigenvalue weighted by atomic mass is 9.88. The predicted octanol–water partition coefficient (Wildman–Crippen LogP) is 1.21. The first-order valence-electron chi connectivity index (χ1n) is 9.36. The molecule has 0 atom stereocenters. The molecule has 2 aliphatic heterocycles. The molecule has 1 N–H and O–H groups in total. The third-order valence-electron chi connectivity index (χ3n) is 5.74. The quantitative estimate of drug-likeness (QED) is 0.846. The maximum atomic E-state index is 13.1. The fourth-order valence-corrected chi connectivity index (χ4v) is 3.95. The second kappa shape index (κ2) is 6.54. The van der Waals surface area contributed by atoms with Gasteiger partial charge in [0.1, 0.15) is 17.0 Å². The number of aromatic nitrogens is 1. The zero-order valence-electron chi connectivity index (χ0n) is 16.7. The van der Waals surface area contributed by atoms with Gasteiger partial charge in [0, 0.05) is 45.1 Å². The van der Waals surface area contributed by atoms with Gasteiger partial charge in [-0.15, -0.1) is 0 Å². The smallest absolute Gasteiger partial charge is 0.270 e. The monoisotopic (exact) mass is 383 g/mol. The van der Waals surface area contributed by atoms with Crippen LogP contribution >= 0.6 is 0 Å². The van der Waals surface area contributed by atoms with Gasteiger partial charge in [0.15, 0.2) is 0 Å². The standard InChI is InChI=1S/C20H25N5O3/c1-23(2)19-21-18(27)20(22-19)7-9-25(10-8-20)17(26)16-12-13-11-14(28-4)5-6-15(13)24(16)3/h5-6,11-12H,7-10H2,1-4H3,(H,21,22,27). The average Bonchev–Trinajstić information content (AvgIpc) is 3.19. The molecule has 28 heavy (non-hydrogen) atoms. The van der Waals surface area contributed by atoms with Gasteiger partial charge in [-0.05, 0) is 37.1 Å². The van der Waals surface area contributed by atoms with Crippen LogP contribution in [-0.2, 0) is 11.8 Å². The normalized spacial score (nSPS) is 18.4. The van der Waals surface area contributed by atoms with Crippen LogP contribution in [0.1, 0.15) is 23.3 Å². The van der Waals surface area contributed by atoms with Gasteiger partial charge in [0.25, 0.3) is 11.8 Å². The highest BCUT2D eigenvalue weighted by Crippen LogP contribution is 2.31.